The molecular formula is C21H22N6O2. The molecule has 1 fully saturated rings. The van der Waals surface area contributed by atoms with Gasteiger partial charge in [-0.2, -0.15) is 10.1 Å². The molecule has 0 bridgehead atoms. The van der Waals surface area contributed by atoms with Gasteiger partial charge in [-0.25, -0.2) is 0 Å². The number of aromatic nitrogens is 3. The van der Waals surface area contributed by atoms with Gasteiger partial charge in [0.1, 0.15) is 12.4 Å². The molecule has 148 valence electrons. The molecule has 2 heterocycles. The van der Waals surface area contributed by atoms with Crippen LogP contribution in [0.1, 0.15) is 5.56 Å². The van der Waals surface area contributed by atoms with E-state index in [0.29, 0.717) is 25.6 Å². The zero-order valence-corrected chi connectivity index (χ0v) is 15.9. The molecule has 1 amide bonds. The Hall–Kier alpha value is -3.68. The van der Waals surface area contributed by atoms with Crippen LogP contribution >= 0.6 is 0 Å². The van der Waals surface area contributed by atoms with E-state index in [4.69, 9.17) is 4.74 Å². The number of carbonyl (C=O) groups is 1. The minimum Gasteiger partial charge on any atom is -0.489 e. The number of anilines is 3. The summed E-state index contributed by atoms with van der Waals surface area (Å²) < 4.78 is 5.81. The lowest BCUT2D eigenvalue weighted by atomic mass is 10.2. The monoisotopic (exact) mass is 390 g/mol. The molecule has 1 N–H and O–H groups in total. The molecule has 1 aromatic heterocycles. The van der Waals surface area contributed by atoms with Crippen molar-refractivity contribution in [2.45, 2.75) is 6.61 Å². The van der Waals surface area contributed by atoms with E-state index in [9.17, 15) is 4.79 Å². The molecule has 3 aromatic rings. The summed E-state index contributed by atoms with van der Waals surface area (Å²) in [6.45, 7) is 3.34. The highest BCUT2D eigenvalue weighted by Crippen LogP contribution is 2.20. The lowest BCUT2D eigenvalue weighted by Gasteiger charge is -2.33. The maximum Gasteiger partial charge on any atom is 0.249 e. The van der Waals surface area contributed by atoms with Crippen molar-refractivity contribution in [3.8, 4) is 5.75 Å². The van der Waals surface area contributed by atoms with Gasteiger partial charge in [-0.3, -0.25) is 4.79 Å². The Morgan fingerprint density at radius 2 is 1.76 bits per heavy atom. The van der Waals surface area contributed by atoms with Crippen molar-refractivity contribution in [2.75, 3.05) is 36.4 Å². The minimum atomic E-state index is 0.429. The maximum atomic E-state index is 10.8. The van der Waals surface area contributed by atoms with Gasteiger partial charge in [0.2, 0.25) is 12.4 Å². The molecular weight excluding hydrogens is 368 g/mol. The van der Waals surface area contributed by atoms with Crippen molar-refractivity contribution < 1.29 is 9.53 Å². The fraction of sp³-hybridized carbons (Fsp3) is 0.238. The predicted molar refractivity (Wildman–Crippen MR) is 110 cm³/mol. The van der Waals surface area contributed by atoms with Crippen LogP contribution in [0.25, 0.3) is 0 Å². The van der Waals surface area contributed by atoms with Gasteiger partial charge in [-0.05, 0) is 29.8 Å². The van der Waals surface area contributed by atoms with Gasteiger partial charge in [0.25, 0.3) is 0 Å². The second-order valence-corrected chi connectivity index (χ2v) is 6.69. The number of piperazine rings is 1. The molecule has 1 aliphatic heterocycles. The van der Waals surface area contributed by atoms with Crippen LogP contribution in [0.3, 0.4) is 0 Å². The van der Waals surface area contributed by atoms with Gasteiger partial charge in [-0.15, -0.1) is 5.10 Å². The molecule has 8 heteroatoms. The van der Waals surface area contributed by atoms with Crippen molar-refractivity contribution in [1.29, 1.82) is 0 Å². The fourth-order valence-electron chi connectivity index (χ4n) is 3.06. The van der Waals surface area contributed by atoms with Gasteiger partial charge in [0.15, 0.2) is 5.82 Å². The van der Waals surface area contributed by atoms with Gasteiger partial charge in [0, 0.05) is 31.9 Å². The summed E-state index contributed by atoms with van der Waals surface area (Å²) >= 11 is 0. The second-order valence-electron chi connectivity index (χ2n) is 6.69. The first kappa shape index (κ1) is 18.7. The topological polar surface area (TPSA) is 83.5 Å². The Morgan fingerprint density at radius 3 is 2.48 bits per heavy atom. The lowest BCUT2D eigenvalue weighted by Crippen LogP contribution is -2.46. The van der Waals surface area contributed by atoms with Crippen LogP contribution in [0.15, 0.2) is 60.8 Å². The highest BCUT2D eigenvalue weighted by molar-refractivity contribution is 5.56. The highest BCUT2D eigenvalue weighted by atomic mass is 16.5. The van der Waals surface area contributed by atoms with E-state index in [2.05, 4.69) is 25.4 Å². The molecule has 1 aliphatic rings. The molecule has 4 rings (SSSR count). The van der Waals surface area contributed by atoms with Crippen molar-refractivity contribution >= 4 is 23.9 Å². The largest absolute Gasteiger partial charge is 0.489 e. The lowest BCUT2D eigenvalue weighted by molar-refractivity contribution is -0.118. The van der Waals surface area contributed by atoms with Crippen LogP contribution < -0.4 is 15.0 Å². The first-order chi connectivity index (χ1) is 14.3. The Kier molecular flexibility index (Phi) is 5.80. The quantitative estimate of drug-likeness (QED) is 0.621. The predicted octanol–water partition coefficient (Wildman–Crippen LogP) is 2.47. The van der Waals surface area contributed by atoms with Crippen LogP contribution in [0.4, 0.5) is 17.5 Å². The second kappa shape index (κ2) is 9.01. The van der Waals surface area contributed by atoms with E-state index in [1.807, 2.05) is 54.6 Å². The van der Waals surface area contributed by atoms with Gasteiger partial charge >= 0.3 is 0 Å². The van der Waals surface area contributed by atoms with Crippen LogP contribution in [-0.2, 0) is 11.4 Å². The number of nitrogens with zero attached hydrogens (tertiary/aromatic N) is 5. The Balaban J connectivity index is 1.35. The number of benzene rings is 2. The van der Waals surface area contributed by atoms with Crippen LogP contribution in [0.2, 0.25) is 0 Å². The molecule has 0 aliphatic carbocycles. The molecule has 0 unspecified atom stereocenters. The number of ether oxygens (including phenoxy) is 1. The molecule has 2 aromatic carbocycles. The highest BCUT2D eigenvalue weighted by Gasteiger charge is 2.17. The van der Waals surface area contributed by atoms with E-state index in [1.54, 1.807) is 11.1 Å². The third-order valence-electron chi connectivity index (χ3n) is 4.69. The van der Waals surface area contributed by atoms with Crippen molar-refractivity contribution in [3.05, 3.63) is 66.4 Å². The van der Waals surface area contributed by atoms with Crippen molar-refractivity contribution in [1.82, 2.24) is 20.1 Å². The summed E-state index contributed by atoms with van der Waals surface area (Å²) in [6.07, 6.45) is 2.53. The van der Waals surface area contributed by atoms with Gasteiger partial charge in [0.05, 0.1) is 6.20 Å². The van der Waals surface area contributed by atoms with E-state index in [0.717, 1.165) is 42.3 Å². The number of nitrogens with one attached hydrogen (secondary N) is 1. The van der Waals surface area contributed by atoms with Crippen molar-refractivity contribution in [2.24, 2.45) is 0 Å². The van der Waals surface area contributed by atoms with Crippen LogP contribution in [-0.4, -0.2) is 52.7 Å². The standard InChI is InChI=1S/C21H22N6O2/c28-16-26-10-12-27(13-11-26)20-14-22-25-21(24-20)23-18-6-8-19(9-7-18)29-15-17-4-2-1-3-5-17/h1-9,14,16H,10-13,15H2,(H,23,24,25). The number of rotatable bonds is 7. The molecule has 0 saturated carbocycles. The summed E-state index contributed by atoms with van der Waals surface area (Å²) in [5, 5.41) is 11.3. The van der Waals surface area contributed by atoms with E-state index < -0.39 is 0 Å². The molecule has 8 nitrogen and oxygen atoms in total. The Morgan fingerprint density at radius 1 is 1.00 bits per heavy atom. The normalized spacial score (nSPS) is 13.8. The zero-order valence-electron chi connectivity index (χ0n) is 15.9. The fourth-order valence-corrected chi connectivity index (χ4v) is 3.06. The Labute approximate surface area is 169 Å². The maximum absolute atomic E-state index is 10.8. The summed E-state index contributed by atoms with van der Waals surface area (Å²) in [4.78, 5) is 19.2. The summed E-state index contributed by atoms with van der Waals surface area (Å²) in [6, 6.07) is 17.7. The number of carbonyl (C=O) groups excluding carboxylic acids is 1. The third kappa shape index (κ3) is 4.98. The van der Waals surface area contributed by atoms with Gasteiger partial charge < -0.3 is 19.9 Å². The first-order valence-corrected chi connectivity index (χ1v) is 9.48. The summed E-state index contributed by atoms with van der Waals surface area (Å²) in [7, 11) is 0. The van der Waals surface area contributed by atoms with Crippen LogP contribution in [0, 0.1) is 0 Å². The van der Waals surface area contributed by atoms with E-state index in [-0.39, 0.29) is 0 Å². The molecule has 0 atom stereocenters. The van der Waals surface area contributed by atoms with Crippen LogP contribution in [0.5, 0.6) is 5.75 Å². The summed E-state index contributed by atoms with van der Waals surface area (Å²) in [5.74, 6) is 1.97. The molecule has 29 heavy (non-hydrogen) atoms. The molecule has 1 saturated heterocycles. The van der Waals surface area contributed by atoms with Gasteiger partial charge in [-0.1, -0.05) is 30.3 Å². The molecule has 0 spiro atoms. The van der Waals surface area contributed by atoms with E-state index >= 15 is 0 Å². The number of amides is 1. The SMILES string of the molecule is O=CN1CCN(c2cnnc(Nc3ccc(OCc4ccccc4)cc3)n2)CC1. The number of hydrogen-bond acceptors (Lipinski definition) is 7. The third-order valence-corrected chi connectivity index (χ3v) is 4.69. The average Bonchev–Trinajstić information content (AvgIpc) is 2.79. The smallest absolute Gasteiger partial charge is 0.249 e. The summed E-state index contributed by atoms with van der Waals surface area (Å²) in [5.41, 5.74) is 1.97. The minimum absolute atomic E-state index is 0.429. The zero-order chi connectivity index (χ0) is 19.9. The average molecular weight is 390 g/mol. The first-order valence-electron chi connectivity index (χ1n) is 9.48. The Bertz CT molecular complexity index is 927. The van der Waals surface area contributed by atoms with Crippen molar-refractivity contribution in [3.63, 3.8) is 0 Å². The van der Waals surface area contributed by atoms with E-state index in [1.165, 1.54) is 0 Å². The molecule has 0 radical (unpaired) electrons. The number of hydrogen-bond donors (Lipinski definition) is 1.